The van der Waals surface area contributed by atoms with Crippen molar-refractivity contribution in [3.63, 3.8) is 0 Å². The molecule has 2 aliphatic rings. The van der Waals surface area contributed by atoms with Crippen molar-refractivity contribution in [3.8, 4) is 0 Å². The second kappa shape index (κ2) is 7.81. The second-order valence-corrected chi connectivity index (χ2v) is 8.06. The third-order valence-corrected chi connectivity index (χ3v) is 6.14. The Hall–Kier alpha value is -2.20. The number of hydrogen-bond donors (Lipinski definition) is 0. The molecule has 0 saturated carbocycles. The highest BCUT2D eigenvalue weighted by Crippen LogP contribution is 2.38. The number of rotatable bonds is 4. The smallest absolute Gasteiger partial charge is 0.222 e. The molecule has 4 nitrogen and oxygen atoms in total. The zero-order valence-electron chi connectivity index (χ0n) is 16.2. The van der Waals surface area contributed by atoms with Gasteiger partial charge in [0, 0.05) is 44.0 Å². The minimum atomic E-state index is 0.0336. The number of aromatic nitrogens is 1. The lowest BCUT2D eigenvalue weighted by atomic mass is 9.87. The molecule has 1 unspecified atom stereocenters. The third kappa shape index (κ3) is 3.77. The number of hydrogen-bond acceptors (Lipinski definition) is 3. The summed E-state index contributed by atoms with van der Waals surface area (Å²) in [6.07, 6.45) is 8.71. The normalized spacial score (nSPS) is 22.6. The van der Waals surface area contributed by atoms with Crippen molar-refractivity contribution in [1.29, 1.82) is 0 Å². The maximum absolute atomic E-state index is 12.9. The summed E-state index contributed by atoms with van der Waals surface area (Å²) in [6, 6.07) is 12.9. The molecule has 0 N–H and O–H groups in total. The fourth-order valence-electron chi connectivity index (χ4n) is 4.79. The van der Waals surface area contributed by atoms with Crippen molar-refractivity contribution in [1.82, 2.24) is 14.8 Å². The Morgan fingerprint density at radius 3 is 2.81 bits per heavy atom. The monoisotopic (exact) mass is 363 g/mol. The lowest BCUT2D eigenvalue weighted by Crippen LogP contribution is -2.53. The van der Waals surface area contributed by atoms with Crippen LogP contribution in [0.3, 0.4) is 0 Å². The van der Waals surface area contributed by atoms with Crippen LogP contribution in [0.4, 0.5) is 0 Å². The van der Waals surface area contributed by atoms with Crippen molar-refractivity contribution in [2.24, 2.45) is 0 Å². The van der Waals surface area contributed by atoms with E-state index in [1.54, 1.807) is 0 Å². The Bertz CT molecular complexity index is 791. The van der Waals surface area contributed by atoms with E-state index in [0.29, 0.717) is 12.3 Å². The van der Waals surface area contributed by atoms with Crippen LogP contribution < -0.4 is 0 Å². The fourth-order valence-corrected chi connectivity index (χ4v) is 4.79. The Labute approximate surface area is 162 Å². The van der Waals surface area contributed by atoms with Crippen LogP contribution in [0.1, 0.15) is 49.3 Å². The van der Waals surface area contributed by atoms with E-state index in [1.165, 1.54) is 23.1 Å². The molecule has 1 aromatic carbocycles. The van der Waals surface area contributed by atoms with E-state index in [4.69, 9.17) is 0 Å². The fraction of sp³-hybridized carbons (Fsp3) is 0.478. The summed E-state index contributed by atoms with van der Waals surface area (Å²) in [6.45, 7) is 5.67. The summed E-state index contributed by atoms with van der Waals surface area (Å²) >= 11 is 0. The van der Waals surface area contributed by atoms with Gasteiger partial charge < -0.3 is 4.90 Å². The molecule has 1 atom stereocenters. The maximum atomic E-state index is 12.9. The van der Waals surface area contributed by atoms with Gasteiger partial charge in [-0.15, -0.1) is 0 Å². The molecule has 3 heterocycles. The van der Waals surface area contributed by atoms with Gasteiger partial charge >= 0.3 is 0 Å². The van der Waals surface area contributed by atoms with Gasteiger partial charge in [0.15, 0.2) is 0 Å². The van der Waals surface area contributed by atoms with Crippen molar-refractivity contribution in [2.45, 2.75) is 57.7 Å². The first kappa shape index (κ1) is 18.2. The summed E-state index contributed by atoms with van der Waals surface area (Å²) in [7, 11) is 0. The number of benzene rings is 1. The Kier molecular flexibility index (Phi) is 5.26. The van der Waals surface area contributed by atoms with Crippen molar-refractivity contribution < 1.29 is 4.79 Å². The number of carbonyl (C=O) groups excluding carboxylic acids is 1. The number of likely N-dealkylation sites (tertiary alicyclic amines) is 1. The van der Waals surface area contributed by atoms with Crippen molar-refractivity contribution in [3.05, 3.63) is 65.5 Å². The standard InChI is InChI=1S/C23H29N3O/c1-2-7-22(27)25-17-21-10-4-3-9-20(21)14-23(18-25)11-6-13-26(23)16-19-8-5-12-24-15-19/h3-5,8-10,12,15H,2,6-7,11,13-14,16-18H2,1H3. The van der Waals surface area contributed by atoms with E-state index >= 15 is 0 Å². The number of pyridine rings is 1. The van der Waals surface area contributed by atoms with Gasteiger partial charge in [0.1, 0.15) is 0 Å². The van der Waals surface area contributed by atoms with Crippen molar-refractivity contribution >= 4 is 5.91 Å². The molecule has 4 heteroatoms. The number of amides is 1. The minimum absolute atomic E-state index is 0.0336. The summed E-state index contributed by atoms with van der Waals surface area (Å²) in [4.78, 5) is 21.9. The van der Waals surface area contributed by atoms with E-state index in [1.807, 2.05) is 18.5 Å². The van der Waals surface area contributed by atoms with Crippen LogP contribution in [0, 0.1) is 0 Å². The average Bonchev–Trinajstić information content (AvgIpc) is 2.96. The Morgan fingerprint density at radius 2 is 2.04 bits per heavy atom. The Balaban J connectivity index is 1.67. The zero-order chi connectivity index (χ0) is 18.7. The van der Waals surface area contributed by atoms with Gasteiger partial charge in [-0.2, -0.15) is 0 Å². The van der Waals surface area contributed by atoms with Crippen LogP contribution in [0.2, 0.25) is 0 Å². The molecule has 0 aliphatic carbocycles. The van der Waals surface area contributed by atoms with Gasteiger partial charge in [0.05, 0.1) is 0 Å². The highest BCUT2D eigenvalue weighted by molar-refractivity contribution is 5.76. The molecule has 2 aromatic rings. The SMILES string of the molecule is CCCC(=O)N1Cc2ccccc2CC2(CCCN2Cc2cccnc2)C1. The van der Waals surface area contributed by atoms with Gasteiger partial charge in [-0.1, -0.05) is 37.3 Å². The minimum Gasteiger partial charge on any atom is -0.336 e. The van der Waals surface area contributed by atoms with E-state index in [9.17, 15) is 4.79 Å². The summed E-state index contributed by atoms with van der Waals surface area (Å²) in [5.41, 5.74) is 4.00. The van der Waals surface area contributed by atoms with Crippen LogP contribution in [-0.4, -0.2) is 39.3 Å². The highest BCUT2D eigenvalue weighted by Gasteiger charge is 2.44. The molecule has 1 amide bonds. The molecule has 1 aromatic heterocycles. The predicted molar refractivity (Wildman–Crippen MR) is 107 cm³/mol. The largest absolute Gasteiger partial charge is 0.336 e. The van der Waals surface area contributed by atoms with Gasteiger partial charge in [-0.25, -0.2) is 0 Å². The van der Waals surface area contributed by atoms with Crippen LogP contribution in [0.15, 0.2) is 48.8 Å². The molecule has 0 bridgehead atoms. The van der Waals surface area contributed by atoms with Gasteiger partial charge in [0.2, 0.25) is 5.91 Å². The number of nitrogens with zero attached hydrogens (tertiary/aromatic N) is 3. The zero-order valence-corrected chi connectivity index (χ0v) is 16.2. The van der Waals surface area contributed by atoms with Crippen LogP contribution in [-0.2, 0) is 24.3 Å². The van der Waals surface area contributed by atoms with Gasteiger partial charge in [0.25, 0.3) is 0 Å². The summed E-state index contributed by atoms with van der Waals surface area (Å²) in [5.74, 6) is 0.293. The molecule has 1 fully saturated rings. The van der Waals surface area contributed by atoms with Crippen molar-refractivity contribution in [2.75, 3.05) is 13.1 Å². The molecule has 1 spiro atoms. The number of carbonyl (C=O) groups is 1. The maximum Gasteiger partial charge on any atom is 0.222 e. The van der Waals surface area contributed by atoms with E-state index in [0.717, 1.165) is 45.4 Å². The third-order valence-electron chi connectivity index (χ3n) is 6.14. The van der Waals surface area contributed by atoms with Crippen LogP contribution in [0.5, 0.6) is 0 Å². The quantitative estimate of drug-likeness (QED) is 0.829. The van der Waals surface area contributed by atoms with Crippen LogP contribution in [0.25, 0.3) is 0 Å². The lowest BCUT2D eigenvalue weighted by Gasteiger charge is -2.41. The van der Waals surface area contributed by atoms with E-state index in [2.05, 4.69) is 52.0 Å². The molecule has 142 valence electrons. The van der Waals surface area contributed by atoms with E-state index < -0.39 is 0 Å². The first-order valence-corrected chi connectivity index (χ1v) is 10.2. The topological polar surface area (TPSA) is 36.4 Å². The summed E-state index contributed by atoms with van der Waals surface area (Å²) in [5, 5.41) is 0. The lowest BCUT2D eigenvalue weighted by molar-refractivity contribution is -0.133. The molecule has 2 aliphatic heterocycles. The second-order valence-electron chi connectivity index (χ2n) is 8.06. The molecule has 0 radical (unpaired) electrons. The first-order chi connectivity index (χ1) is 13.2. The summed E-state index contributed by atoms with van der Waals surface area (Å²) < 4.78 is 0. The molecular weight excluding hydrogens is 334 g/mol. The van der Waals surface area contributed by atoms with Crippen LogP contribution >= 0.6 is 0 Å². The first-order valence-electron chi connectivity index (χ1n) is 10.2. The van der Waals surface area contributed by atoms with Gasteiger partial charge in [-0.3, -0.25) is 14.7 Å². The molecule has 1 saturated heterocycles. The average molecular weight is 364 g/mol. The highest BCUT2D eigenvalue weighted by atomic mass is 16.2. The van der Waals surface area contributed by atoms with Gasteiger partial charge in [-0.05, 0) is 55.0 Å². The Morgan fingerprint density at radius 1 is 1.19 bits per heavy atom. The van der Waals surface area contributed by atoms with E-state index in [-0.39, 0.29) is 5.54 Å². The molecular formula is C23H29N3O. The predicted octanol–water partition coefficient (Wildman–Crippen LogP) is 3.80. The molecule has 4 rings (SSSR count). The molecule has 27 heavy (non-hydrogen) atoms. The number of fused-ring (bicyclic) bond motifs is 1.